The Labute approximate surface area is 126 Å². The van der Waals surface area contributed by atoms with Crippen LogP contribution in [0, 0.1) is 11.7 Å². The van der Waals surface area contributed by atoms with Crippen LogP contribution in [0.5, 0.6) is 0 Å². The highest BCUT2D eigenvalue weighted by molar-refractivity contribution is 9.10. The van der Waals surface area contributed by atoms with Gasteiger partial charge < -0.3 is 14.6 Å². The van der Waals surface area contributed by atoms with Gasteiger partial charge in [-0.25, -0.2) is 4.39 Å². The van der Waals surface area contributed by atoms with Gasteiger partial charge in [-0.15, -0.1) is 0 Å². The summed E-state index contributed by atoms with van der Waals surface area (Å²) >= 11 is 3.39. The summed E-state index contributed by atoms with van der Waals surface area (Å²) in [5.41, 5.74) is 0.370. The zero-order chi connectivity index (χ0) is 14.2. The Morgan fingerprint density at radius 2 is 2.25 bits per heavy atom. The van der Waals surface area contributed by atoms with Crippen molar-refractivity contribution < 1.29 is 19.0 Å². The highest BCUT2D eigenvalue weighted by atomic mass is 79.9. The fourth-order valence-electron chi connectivity index (χ4n) is 3.19. The molecule has 3 rings (SSSR count). The number of ether oxygens (including phenoxy) is 2. The normalized spacial score (nSPS) is 31.6. The van der Waals surface area contributed by atoms with Crippen molar-refractivity contribution in [2.45, 2.75) is 31.0 Å². The molecule has 0 radical (unpaired) electrons. The van der Waals surface area contributed by atoms with Gasteiger partial charge in [-0.05, 0) is 42.5 Å². The molecule has 1 spiro atoms. The largest absolute Gasteiger partial charge is 0.388 e. The second-order valence-electron chi connectivity index (χ2n) is 5.70. The minimum atomic E-state index is -0.679. The molecule has 5 heteroatoms. The second-order valence-corrected chi connectivity index (χ2v) is 6.55. The van der Waals surface area contributed by atoms with Gasteiger partial charge in [0, 0.05) is 24.1 Å². The van der Waals surface area contributed by atoms with E-state index in [4.69, 9.17) is 9.47 Å². The third-order valence-electron chi connectivity index (χ3n) is 4.32. The van der Waals surface area contributed by atoms with Gasteiger partial charge in [0.1, 0.15) is 5.82 Å². The van der Waals surface area contributed by atoms with Gasteiger partial charge in [0.25, 0.3) is 0 Å². The van der Waals surface area contributed by atoms with E-state index in [9.17, 15) is 9.50 Å². The molecule has 20 heavy (non-hydrogen) atoms. The van der Waals surface area contributed by atoms with E-state index in [-0.39, 0.29) is 17.3 Å². The van der Waals surface area contributed by atoms with Gasteiger partial charge in [-0.2, -0.15) is 0 Å². The van der Waals surface area contributed by atoms with Crippen molar-refractivity contribution in [3.63, 3.8) is 0 Å². The van der Waals surface area contributed by atoms with Crippen LogP contribution in [0.2, 0.25) is 0 Å². The number of halogens is 2. The number of rotatable bonds is 2. The molecule has 0 bridgehead atoms. The fourth-order valence-corrected chi connectivity index (χ4v) is 3.67. The first kappa shape index (κ1) is 14.4. The average Bonchev–Trinajstić information content (AvgIpc) is 2.88. The quantitative estimate of drug-likeness (QED) is 0.895. The van der Waals surface area contributed by atoms with Crippen LogP contribution in [0.3, 0.4) is 0 Å². The first-order chi connectivity index (χ1) is 9.60. The summed E-state index contributed by atoms with van der Waals surface area (Å²) in [6, 6.07) is 4.43. The van der Waals surface area contributed by atoms with Gasteiger partial charge in [0.05, 0.1) is 18.3 Å². The van der Waals surface area contributed by atoms with E-state index >= 15 is 0 Å². The van der Waals surface area contributed by atoms with Crippen LogP contribution in [0.25, 0.3) is 0 Å². The van der Waals surface area contributed by atoms with Crippen LogP contribution in [0.15, 0.2) is 22.7 Å². The summed E-state index contributed by atoms with van der Waals surface area (Å²) in [7, 11) is 0. The second kappa shape index (κ2) is 5.72. The van der Waals surface area contributed by atoms with Crippen molar-refractivity contribution in [3.8, 4) is 0 Å². The summed E-state index contributed by atoms with van der Waals surface area (Å²) in [5, 5.41) is 10.6. The number of benzene rings is 1. The molecule has 0 amide bonds. The van der Waals surface area contributed by atoms with Gasteiger partial charge in [-0.3, -0.25) is 0 Å². The van der Waals surface area contributed by atoms with Crippen molar-refractivity contribution >= 4 is 15.9 Å². The molecule has 110 valence electrons. The standard InChI is InChI=1S/C15H18BrFO3/c16-13-2-1-11(17)7-12(13)14(18)10-3-5-20-15(8-10)4-6-19-9-15/h1-2,7,10,14,18H,3-6,8-9H2. The predicted octanol–water partition coefficient (Wildman–Crippen LogP) is 3.21. The number of hydrogen-bond donors (Lipinski definition) is 1. The average molecular weight is 345 g/mol. The molecule has 3 unspecified atom stereocenters. The lowest BCUT2D eigenvalue weighted by Gasteiger charge is -2.39. The van der Waals surface area contributed by atoms with Gasteiger partial charge in [-0.1, -0.05) is 15.9 Å². The summed E-state index contributed by atoms with van der Waals surface area (Å²) in [6.07, 6.45) is 1.74. The molecule has 1 aromatic rings. The van der Waals surface area contributed by atoms with E-state index in [1.54, 1.807) is 6.07 Å². The Morgan fingerprint density at radius 1 is 1.40 bits per heavy atom. The molecule has 2 saturated heterocycles. The summed E-state index contributed by atoms with van der Waals surface area (Å²) in [5.74, 6) is -0.253. The molecule has 3 atom stereocenters. The van der Waals surface area contributed by atoms with Crippen LogP contribution in [0.4, 0.5) is 4.39 Å². The zero-order valence-electron chi connectivity index (χ0n) is 11.1. The SMILES string of the molecule is OC(c1cc(F)ccc1Br)C1CCOC2(CCOC2)C1. The monoisotopic (exact) mass is 344 g/mol. The number of hydrogen-bond acceptors (Lipinski definition) is 3. The molecule has 2 heterocycles. The third kappa shape index (κ3) is 2.77. The van der Waals surface area contributed by atoms with Crippen LogP contribution in [0.1, 0.15) is 30.9 Å². The van der Waals surface area contributed by atoms with E-state index in [1.165, 1.54) is 12.1 Å². The maximum absolute atomic E-state index is 13.4. The highest BCUT2D eigenvalue weighted by Crippen LogP contribution is 2.42. The minimum absolute atomic E-state index is 0.0727. The van der Waals surface area contributed by atoms with Crippen molar-refractivity contribution in [1.29, 1.82) is 0 Å². The summed E-state index contributed by atoms with van der Waals surface area (Å²) in [4.78, 5) is 0. The minimum Gasteiger partial charge on any atom is -0.388 e. The van der Waals surface area contributed by atoms with E-state index < -0.39 is 6.10 Å². The van der Waals surface area contributed by atoms with Crippen molar-refractivity contribution in [2.75, 3.05) is 19.8 Å². The van der Waals surface area contributed by atoms with Gasteiger partial charge in [0.2, 0.25) is 0 Å². The first-order valence-corrected chi connectivity index (χ1v) is 7.74. The highest BCUT2D eigenvalue weighted by Gasteiger charge is 2.43. The molecule has 2 aliphatic heterocycles. The lowest BCUT2D eigenvalue weighted by Crippen LogP contribution is -2.41. The van der Waals surface area contributed by atoms with E-state index in [0.717, 1.165) is 23.7 Å². The molecule has 0 saturated carbocycles. The Hall–Kier alpha value is -0.490. The summed E-state index contributed by atoms with van der Waals surface area (Å²) < 4.78 is 25.5. The first-order valence-electron chi connectivity index (χ1n) is 6.94. The van der Waals surface area contributed by atoms with Crippen LogP contribution >= 0.6 is 15.9 Å². The Morgan fingerprint density at radius 3 is 3.00 bits per heavy atom. The Kier molecular flexibility index (Phi) is 4.13. The van der Waals surface area contributed by atoms with Gasteiger partial charge in [0.15, 0.2) is 0 Å². The molecular weight excluding hydrogens is 327 g/mol. The van der Waals surface area contributed by atoms with Gasteiger partial charge >= 0.3 is 0 Å². The van der Waals surface area contributed by atoms with E-state index in [2.05, 4.69) is 15.9 Å². The number of aliphatic hydroxyl groups is 1. The molecule has 1 N–H and O–H groups in total. The van der Waals surface area contributed by atoms with Crippen molar-refractivity contribution in [2.24, 2.45) is 5.92 Å². The topological polar surface area (TPSA) is 38.7 Å². The predicted molar refractivity (Wildman–Crippen MR) is 75.9 cm³/mol. The van der Waals surface area contributed by atoms with E-state index in [1.807, 2.05) is 0 Å². The van der Waals surface area contributed by atoms with Crippen molar-refractivity contribution in [3.05, 3.63) is 34.1 Å². The maximum atomic E-state index is 13.4. The number of aliphatic hydroxyl groups excluding tert-OH is 1. The molecule has 1 aromatic carbocycles. The molecule has 0 aromatic heterocycles. The van der Waals surface area contributed by atoms with Crippen LogP contribution < -0.4 is 0 Å². The molecule has 0 aliphatic carbocycles. The van der Waals surface area contributed by atoms with E-state index in [0.29, 0.717) is 25.4 Å². The maximum Gasteiger partial charge on any atom is 0.123 e. The smallest absolute Gasteiger partial charge is 0.123 e. The molecular formula is C15H18BrFO3. The lowest BCUT2D eigenvalue weighted by molar-refractivity contribution is -0.117. The van der Waals surface area contributed by atoms with Crippen LogP contribution in [-0.2, 0) is 9.47 Å². The fraction of sp³-hybridized carbons (Fsp3) is 0.600. The Balaban J connectivity index is 1.79. The Bertz CT molecular complexity index is 488. The lowest BCUT2D eigenvalue weighted by atomic mass is 9.80. The molecule has 3 nitrogen and oxygen atoms in total. The third-order valence-corrected chi connectivity index (χ3v) is 5.04. The zero-order valence-corrected chi connectivity index (χ0v) is 12.7. The van der Waals surface area contributed by atoms with Crippen molar-refractivity contribution in [1.82, 2.24) is 0 Å². The van der Waals surface area contributed by atoms with Crippen LogP contribution in [-0.4, -0.2) is 30.5 Å². The molecule has 2 fully saturated rings. The molecule has 2 aliphatic rings. The summed E-state index contributed by atoms with van der Waals surface area (Å²) in [6.45, 7) is 1.94.